The third-order valence-electron chi connectivity index (χ3n) is 5.30. The fraction of sp³-hybridized carbons (Fsp3) is 0.160. The molecule has 146 valence electrons. The second-order valence-corrected chi connectivity index (χ2v) is 7.64. The van der Waals surface area contributed by atoms with E-state index in [1.807, 2.05) is 69.3 Å². The van der Waals surface area contributed by atoms with Crippen LogP contribution in [0.5, 0.6) is 5.75 Å². The van der Waals surface area contributed by atoms with Gasteiger partial charge in [0.2, 0.25) is 0 Å². The number of phenolic OH excluding ortho intramolecular Hbond substituents is 1. The Bertz CT molecular complexity index is 1280. The predicted molar refractivity (Wildman–Crippen MR) is 118 cm³/mol. The number of imidazole rings is 1. The van der Waals surface area contributed by atoms with Crippen molar-refractivity contribution in [1.82, 2.24) is 9.13 Å². The minimum atomic E-state index is -0.0824. The average molecular weight is 384 g/mol. The van der Waals surface area contributed by atoms with Crippen molar-refractivity contribution in [3.63, 3.8) is 0 Å². The van der Waals surface area contributed by atoms with Gasteiger partial charge in [-0.05, 0) is 67.3 Å². The van der Waals surface area contributed by atoms with E-state index in [1.54, 1.807) is 28.6 Å². The van der Waals surface area contributed by atoms with Crippen LogP contribution >= 0.6 is 0 Å². The van der Waals surface area contributed by atoms with Crippen LogP contribution in [-0.2, 0) is 7.05 Å². The topological polar surface area (TPSA) is 47.2 Å². The molecule has 1 N–H and O–H groups in total. The van der Waals surface area contributed by atoms with Crippen molar-refractivity contribution in [2.24, 2.45) is 7.05 Å². The third-order valence-corrected chi connectivity index (χ3v) is 5.30. The molecule has 0 unspecified atom stereocenters. The van der Waals surface area contributed by atoms with Gasteiger partial charge in [-0.1, -0.05) is 35.9 Å². The molecule has 0 bridgehead atoms. The molecular formula is C25H24N2O2. The van der Waals surface area contributed by atoms with Gasteiger partial charge in [0.1, 0.15) is 5.75 Å². The largest absolute Gasteiger partial charge is 0.507 e. The Hall–Kier alpha value is -3.53. The molecule has 3 aromatic carbocycles. The predicted octanol–water partition coefficient (Wildman–Crippen LogP) is 5.14. The van der Waals surface area contributed by atoms with Crippen LogP contribution in [0.4, 0.5) is 0 Å². The molecule has 0 atom stereocenters. The average Bonchev–Trinajstić information content (AvgIpc) is 3.02. The quantitative estimate of drug-likeness (QED) is 0.532. The van der Waals surface area contributed by atoms with E-state index in [2.05, 4.69) is 6.07 Å². The van der Waals surface area contributed by atoms with E-state index in [9.17, 15) is 9.90 Å². The van der Waals surface area contributed by atoms with Crippen molar-refractivity contribution < 1.29 is 5.11 Å². The molecular weight excluding hydrogens is 360 g/mol. The van der Waals surface area contributed by atoms with Crippen molar-refractivity contribution in [2.45, 2.75) is 20.8 Å². The van der Waals surface area contributed by atoms with E-state index in [-0.39, 0.29) is 11.4 Å². The van der Waals surface area contributed by atoms with Crippen molar-refractivity contribution in [1.29, 1.82) is 0 Å². The highest BCUT2D eigenvalue weighted by Crippen LogP contribution is 2.40. The van der Waals surface area contributed by atoms with Crippen molar-refractivity contribution in [3.8, 4) is 33.7 Å². The van der Waals surface area contributed by atoms with Crippen LogP contribution in [0, 0.1) is 20.8 Å². The van der Waals surface area contributed by atoms with Gasteiger partial charge >= 0.3 is 5.69 Å². The molecule has 4 nitrogen and oxygen atoms in total. The highest BCUT2D eigenvalue weighted by atomic mass is 16.3. The Morgan fingerprint density at radius 2 is 1.48 bits per heavy atom. The number of aromatic nitrogens is 2. The van der Waals surface area contributed by atoms with Gasteiger partial charge in [0.15, 0.2) is 0 Å². The number of rotatable bonds is 3. The summed E-state index contributed by atoms with van der Waals surface area (Å²) in [5.74, 6) is 0.269. The molecule has 0 radical (unpaired) electrons. The maximum Gasteiger partial charge on any atom is 0.332 e. The molecule has 0 aliphatic rings. The van der Waals surface area contributed by atoms with E-state index < -0.39 is 0 Å². The summed E-state index contributed by atoms with van der Waals surface area (Å²) >= 11 is 0. The van der Waals surface area contributed by atoms with Crippen LogP contribution < -0.4 is 5.69 Å². The lowest BCUT2D eigenvalue weighted by molar-refractivity contribution is 0.479. The lowest BCUT2D eigenvalue weighted by atomic mass is 9.93. The van der Waals surface area contributed by atoms with Gasteiger partial charge in [-0.15, -0.1) is 0 Å². The minimum absolute atomic E-state index is 0.0824. The van der Waals surface area contributed by atoms with Crippen molar-refractivity contribution in [2.75, 3.05) is 0 Å². The summed E-state index contributed by atoms with van der Waals surface area (Å²) in [7, 11) is 1.74. The second-order valence-electron chi connectivity index (χ2n) is 7.64. The number of aromatic hydroxyl groups is 1. The van der Waals surface area contributed by atoms with Gasteiger partial charge in [0, 0.05) is 30.6 Å². The van der Waals surface area contributed by atoms with Gasteiger partial charge < -0.3 is 9.67 Å². The van der Waals surface area contributed by atoms with Crippen molar-refractivity contribution in [3.05, 3.63) is 94.2 Å². The van der Waals surface area contributed by atoms with Crippen LogP contribution in [0.25, 0.3) is 27.9 Å². The molecule has 0 fully saturated rings. The summed E-state index contributed by atoms with van der Waals surface area (Å²) in [6.07, 6.45) is 3.51. The molecule has 4 aromatic rings. The monoisotopic (exact) mass is 384 g/mol. The molecule has 0 saturated heterocycles. The summed E-state index contributed by atoms with van der Waals surface area (Å²) in [6.45, 7) is 6.06. The summed E-state index contributed by atoms with van der Waals surface area (Å²) < 4.78 is 3.18. The molecule has 29 heavy (non-hydrogen) atoms. The highest BCUT2D eigenvalue weighted by Gasteiger charge is 2.14. The van der Waals surface area contributed by atoms with Gasteiger partial charge in [0.05, 0.1) is 5.69 Å². The molecule has 0 saturated carbocycles. The summed E-state index contributed by atoms with van der Waals surface area (Å²) in [5, 5.41) is 11.1. The Morgan fingerprint density at radius 3 is 2.07 bits per heavy atom. The Kier molecular flexibility index (Phi) is 4.63. The number of nitrogens with zero attached hydrogens (tertiary/aromatic N) is 2. The zero-order valence-electron chi connectivity index (χ0n) is 17.1. The first-order valence-corrected chi connectivity index (χ1v) is 9.61. The first kappa shape index (κ1) is 18.8. The standard InChI is InChI=1S/C25H24N2O2/c1-16-6-5-7-19(12-16)21-13-17(2)14-22(24(21)28)20-8-9-23(18(3)15-20)27-11-10-26(4)25(27)29/h5-15,28H,1-4H3. The van der Waals surface area contributed by atoms with Crippen LogP contribution in [0.1, 0.15) is 16.7 Å². The van der Waals surface area contributed by atoms with Crippen LogP contribution in [-0.4, -0.2) is 14.2 Å². The van der Waals surface area contributed by atoms with E-state index in [0.29, 0.717) is 0 Å². The van der Waals surface area contributed by atoms with Gasteiger partial charge in [0.25, 0.3) is 0 Å². The normalized spacial score (nSPS) is 11.0. The Balaban J connectivity index is 1.84. The molecule has 4 heteroatoms. The summed E-state index contributed by atoms with van der Waals surface area (Å²) in [6, 6.07) is 18.1. The number of hydrogen-bond donors (Lipinski definition) is 1. The van der Waals surface area contributed by atoms with Crippen LogP contribution in [0.2, 0.25) is 0 Å². The summed E-state index contributed by atoms with van der Waals surface area (Å²) in [5.41, 5.74) is 7.48. The highest BCUT2D eigenvalue weighted by molar-refractivity contribution is 5.83. The second kappa shape index (κ2) is 7.13. The van der Waals surface area contributed by atoms with E-state index in [1.165, 1.54) is 0 Å². The fourth-order valence-corrected chi connectivity index (χ4v) is 3.77. The third kappa shape index (κ3) is 3.38. The van der Waals surface area contributed by atoms with E-state index >= 15 is 0 Å². The lowest BCUT2D eigenvalue weighted by Crippen LogP contribution is -2.20. The Morgan fingerprint density at radius 1 is 0.793 bits per heavy atom. The van der Waals surface area contributed by atoms with Gasteiger partial charge in [-0.2, -0.15) is 0 Å². The molecule has 4 rings (SSSR count). The number of aryl methyl sites for hydroxylation is 4. The first-order chi connectivity index (χ1) is 13.8. The van der Waals surface area contributed by atoms with Crippen LogP contribution in [0.3, 0.4) is 0 Å². The number of benzene rings is 3. The fourth-order valence-electron chi connectivity index (χ4n) is 3.77. The lowest BCUT2D eigenvalue weighted by Gasteiger charge is -2.14. The molecule has 0 aliphatic carbocycles. The SMILES string of the molecule is Cc1cccc(-c2cc(C)cc(-c3ccc(-n4ccn(C)c4=O)c(C)c3)c2O)c1. The van der Waals surface area contributed by atoms with E-state index in [0.717, 1.165) is 44.6 Å². The van der Waals surface area contributed by atoms with Gasteiger partial charge in [-0.3, -0.25) is 4.57 Å². The molecule has 1 heterocycles. The number of phenols is 1. The molecule has 1 aromatic heterocycles. The minimum Gasteiger partial charge on any atom is -0.507 e. The van der Waals surface area contributed by atoms with Gasteiger partial charge in [-0.25, -0.2) is 4.79 Å². The maximum absolute atomic E-state index is 12.3. The zero-order chi connectivity index (χ0) is 20.7. The van der Waals surface area contributed by atoms with Crippen molar-refractivity contribution >= 4 is 0 Å². The zero-order valence-corrected chi connectivity index (χ0v) is 17.1. The smallest absolute Gasteiger partial charge is 0.332 e. The van der Waals surface area contributed by atoms with Crippen LogP contribution in [0.15, 0.2) is 71.8 Å². The molecule has 0 spiro atoms. The summed E-state index contributed by atoms with van der Waals surface area (Å²) in [4.78, 5) is 12.3. The van der Waals surface area contributed by atoms with E-state index in [4.69, 9.17) is 0 Å². The first-order valence-electron chi connectivity index (χ1n) is 9.61. The molecule has 0 amide bonds. The molecule has 0 aliphatic heterocycles. The maximum atomic E-state index is 12.3. The Labute approximate surface area is 170 Å². The number of hydrogen-bond acceptors (Lipinski definition) is 2.